The average molecular weight is 562 g/mol. The summed E-state index contributed by atoms with van der Waals surface area (Å²) in [5.41, 5.74) is 0.770. The molecule has 2 saturated heterocycles. The predicted octanol–water partition coefficient (Wildman–Crippen LogP) is 2.31. The quantitative estimate of drug-likeness (QED) is 0.331. The summed E-state index contributed by atoms with van der Waals surface area (Å²) in [5.74, 6) is -0.465. The number of hydrogen-bond donors (Lipinski definition) is 2. The Hall–Kier alpha value is -3.05. The Morgan fingerprint density at radius 3 is 2.65 bits per heavy atom. The van der Waals surface area contributed by atoms with Gasteiger partial charge in [-0.2, -0.15) is 0 Å². The molecule has 4 rings (SSSR count). The van der Waals surface area contributed by atoms with Gasteiger partial charge < -0.3 is 34.2 Å². The Labute approximate surface area is 236 Å². The van der Waals surface area contributed by atoms with Gasteiger partial charge in [0.15, 0.2) is 11.5 Å². The Morgan fingerprint density at radius 1 is 1.18 bits per heavy atom. The maximum absolute atomic E-state index is 13.5. The summed E-state index contributed by atoms with van der Waals surface area (Å²) in [7, 11) is 1.54. The number of carbonyl (C=O) groups is 3. The molecule has 0 spiro atoms. The average Bonchev–Trinajstić information content (AvgIpc) is 3.67. The molecule has 0 bridgehead atoms. The molecule has 1 aromatic rings. The van der Waals surface area contributed by atoms with E-state index in [0.29, 0.717) is 69.1 Å². The minimum absolute atomic E-state index is 0.00652. The molecule has 3 atom stereocenters. The van der Waals surface area contributed by atoms with Crippen molar-refractivity contribution in [1.29, 1.82) is 0 Å². The van der Waals surface area contributed by atoms with Crippen molar-refractivity contribution in [2.75, 3.05) is 59.8 Å². The molecule has 222 valence electrons. The van der Waals surface area contributed by atoms with E-state index in [9.17, 15) is 24.6 Å². The van der Waals surface area contributed by atoms with Crippen LogP contribution >= 0.6 is 0 Å². The highest BCUT2D eigenvalue weighted by Gasteiger charge is 2.47. The monoisotopic (exact) mass is 561 g/mol. The molecule has 2 N–H and O–H groups in total. The van der Waals surface area contributed by atoms with Crippen LogP contribution in [0.25, 0.3) is 0 Å². The summed E-state index contributed by atoms with van der Waals surface area (Å²) in [6, 6.07) is 3.26. The first-order valence-electron chi connectivity index (χ1n) is 14.5. The largest absolute Gasteiger partial charge is 0.493 e. The molecule has 3 aliphatic heterocycles. The zero-order chi connectivity index (χ0) is 28.6. The number of likely N-dealkylation sites (tertiary alicyclic amines) is 2. The molecule has 2 fully saturated rings. The van der Waals surface area contributed by atoms with Crippen LogP contribution in [0.4, 0.5) is 0 Å². The molecule has 0 saturated carbocycles. The molecule has 3 heterocycles. The van der Waals surface area contributed by atoms with E-state index >= 15 is 0 Å². The number of methoxy groups -OCH3 is 1. The number of ether oxygens (including phenoxy) is 3. The molecule has 3 aliphatic rings. The number of unbranched alkanes of at least 4 members (excludes halogenated alkanes) is 1. The Bertz CT molecular complexity index is 1040. The van der Waals surface area contributed by atoms with Gasteiger partial charge in [-0.25, -0.2) is 0 Å². The van der Waals surface area contributed by atoms with Crippen LogP contribution in [0.1, 0.15) is 63.4 Å². The van der Waals surface area contributed by atoms with E-state index in [2.05, 4.69) is 6.92 Å². The van der Waals surface area contributed by atoms with Crippen LogP contribution in [0.2, 0.25) is 0 Å². The molecular formula is C29H43N3O8. The minimum atomic E-state index is -0.915. The van der Waals surface area contributed by atoms with Gasteiger partial charge in [-0.05, 0) is 49.8 Å². The number of fused-ring (bicyclic) bond motifs is 1. The van der Waals surface area contributed by atoms with Gasteiger partial charge in [0.25, 0.3) is 0 Å². The van der Waals surface area contributed by atoms with Crippen molar-refractivity contribution < 1.29 is 38.8 Å². The number of carbonyl (C=O) groups excluding carboxylic acids is 2. The van der Waals surface area contributed by atoms with Crippen molar-refractivity contribution >= 4 is 17.8 Å². The van der Waals surface area contributed by atoms with E-state index in [0.717, 1.165) is 31.4 Å². The molecule has 0 aromatic heterocycles. The van der Waals surface area contributed by atoms with Crippen LogP contribution in [0.5, 0.6) is 17.2 Å². The summed E-state index contributed by atoms with van der Waals surface area (Å²) in [6.07, 6.45) is 4.94. The third-order valence-electron chi connectivity index (χ3n) is 8.30. The van der Waals surface area contributed by atoms with E-state index in [1.807, 2.05) is 21.9 Å². The van der Waals surface area contributed by atoms with Crippen LogP contribution in [-0.4, -0.2) is 109 Å². The van der Waals surface area contributed by atoms with Crippen LogP contribution in [0.3, 0.4) is 0 Å². The smallest absolute Gasteiger partial charge is 0.308 e. The molecule has 11 nitrogen and oxygen atoms in total. The topological polar surface area (TPSA) is 129 Å². The lowest BCUT2D eigenvalue weighted by atomic mass is 9.83. The highest BCUT2D eigenvalue weighted by Crippen LogP contribution is 2.47. The van der Waals surface area contributed by atoms with Crippen LogP contribution in [-0.2, 0) is 14.4 Å². The van der Waals surface area contributed by atoms with Gasteiger partial charge in [-0.3, -0.25) is 19.3 Å². The Morgan fingerprint density at radius 2 is 1.98 bits per heavy atom. The number of rotatable bonds is 15. The molecular weight excluding hydrogens is 518 g/mol. The second kappa shape index (κ2) is 14.0. The number of carboxylic acids is 1. The van der Waals surface area contributed by atoms with Crippen molar-refractivity contribution in [2.45, 2.75) is 63.8 Å². The number of hydrogen-bond acceptors (Lipinski definition) is 8. The van der Waals surface area contributed by atoms with Crippen LogP contribution in [0.15, 0.2) is 12.1 Å². The lowest BCUT2D eigenvalue weighted by molar-refractivity contribution is -0.144. The molecule has 40 heavy (non-hydrogen) atoms. The molecule has 2 amide bonds. The van der Waals surface area contributed by atoms with Gasteiger partial charge in [0.05, 0.1) is 19.6 Å². The zero-order valence-corrected chi connectivity index (χ0v) is 23.7. The number of amides is 2. The van der Waals surface area contributed by atoms with Crippen molar-refractivity contribution in [3.8, 4) is 17.2 Å². The first kappa shape index (κ1) is 29.9. The highest BCUT2D eigenvalue weighted by molar-refractivity contribution is 5.79. The Kier molecular flexibility index (Phi) is 10.5. The SMILES string of the molecule is CCCCN(CCCO)C(=O)CN1CC(c2cc(OC)c3c(c2)OCO3)C(C(=O)O)C1CCCN1CCCC1=O. The molecule has 1 aromatic carbocycles. The summed E-state index contributed by atoms with van der Waals surface area (Å²) in [6.45, 7) is 5.04. The summed E-state index contributed by atoms with van der Waals surface area (Å²) in [4.78, 5) is 44.1. The Balaban J connectivity index is 1.59. The standard InChI is InChI=1S/C29H43N3O8/c1-3-4-10-31(13-7-14-33)26(35)18-32-17-21(20-15-23(38-2)28-24(16-20)39-19-40-28)27(29(36)37)22(32)8-5-11-30-12-6-9-25(30)34/h15-16,21-22,27,33H,3-14,17-19H2,1-2H3,(H,36,37). The zero-order valence-electron chi connectivity index (χ0n) is 23.7. The van der Waals surface area contributed by atoms with Gasteiger partial charge in [0.2, 0.25) is 24.4 Å². The lowest BCUT2D eigenvalue weighted by Gasteiger charge is -2.30. The second-order valence-electron chi connectivity index (χ2n) is 10.9. The van der Waals surface area contributed by atoms with Crippen molar-refractivity contribution in [3.63, 3.8) is 0 Å². The second-order valence-corrected chi connectivity index (χ2v) is 10.9. The number of aliphatic hydroxyl groups is 1. The van der Waals surface area contributed by atoms with E-state index in [-0.39, 0.29) is 37.8 Å². The number of benzene rings is 1. The van der Waals surface area contributed by atoms with E-state index in [1.54, 1.807) is 4.90 Å². The fourth-order valence-electron chi connectivity index (χ4n) is 6.23. The molecule has 0 radical (unpaired) electrons. The van der Waals surface area contributed by atoms with Crippen LogP contribution < -0.4 is 14.2 Å². The number of nitrogens with zero attached hydrogens (tertiary/aromatic N) is 3. The lowest BCUT2D eigenvalue weighted by Crippen LogP contribution is -2.45. The van der Waals surface area contributed by atoms with Gasteiger partial charge in [0, 0.05) is 57.7 Å². The van der Waals surface area contributed by atoms with Gasteiger partial charge >= 0.3 is 5.97 Å². The predicted molar refractivity (Wildman–Crippen MR) is 147 cm³/mol. The third kappa shape index (κ3) is 6.80. The maximum atomic E-state index is 13.5. The van der Waals surface area contributed by atoms with Gasteiger partial charge in [0.1, 0.15) is 0 Å². The summed E-state index contributed by atoms with van der Waals surface area (Å²) in [5, 5.41) is 19.8. The van der Waals surface area contributed by atoms with Crippen molar-refractivity contribution in [1.82, 2.24) is 14.7 Å². The summed E-state index contributed by atoms with van der Waals surface area (Å²) >= 11 is 0. The minimum Gasteiger partial charge on any atom is -0.493 e. The number of carboxylic acid groups (broad SMARTS) is 1. The van der Waals surface area contributed by atoms with E-state index in [1.165, 1.54) is 7.11 Å². The molecule has 11 heteroatoms. The molecule has 0 aliphatic carbocycles. The van der Waals surface area contributed by atoms with Gasteiger partial charge in [-0.1, -0.05) is 13.3 Å². The first-order chi connectivity index (χ1) is 19.4. The summed E-state index contributed by atoms with van der Waals surface area (Å²) < 4.78 is 16.7. The number of aliphatic carboxylic acids is 1. The maximum Gasteiger partial charge on any atom is 0.308 e. The van der Waals surface area contributed by atoms with E-state index < -0.39 is 17.8 Å². The third-order valence-corrected chi connectivity index (χ3v) is 8.30. The van der Waals surface area contributed by atoms with Gasteiger partial charge in [-0.15, -0.1) is 0 Å². The normalized spacial score (nSPS) is 22.2. The van der Waals surface area contributed by atoms with E-state index in [4.69, 9.17) is 14.2 Å². The molecule has 3 unspecified atom stereocenters. The van der Waals surface area contributed by atoms with Crippen molar-refractivity contribution in [3.05, 3.63) is 17.7 Å². The number of aliphatic hydroxyl groups excluding tert-OH is 1. The van der Waals surface area contributed by atoms with Crippen LogP contribution in [0, 0.1) is 5.92 Å². The fraction of sp³-hybridized carbons (Fsp3) is 0.690. The first-order valence-corrected chi connectivity index (χ1v) is 14.5. The fourth-order valence-corrected chi connectivity index (χ4v) is 6.23. The highest BCUT2D eigenvalue weighted by atomic mass is 16.7. The van der Waals surface area contributed by atoms with Crippen molar-refractivity contribution in [2.24, 2.45) is 5.92 Å².